The molecule has 0 saturated carbocycles. The number of ether oxygens (including phenoxy) is 3. The van der Waals surface area contributed by atoms with E-state index in [1.165, 1.54) is 0 Å². The van der Waals surface area contributed by atoms with Crippen molar-refractivity contribution in [3.05, 3.63) is 60.2 Å². The maximum Gasteiger partial charge on any atom is 0.323 e. The van der Waals surface area contributed by atoms with Gasteiger partial charge in [-0.3, -0.25) is 9.69 Å². The predicted molar refractivity (Wildman–Crippen MR) is 113 cm³/mol. The van der Waals surface area contributed by atoms with Gasteiger partial charge in [0.05, 0.1) is 0 Å². The number of hydrogen-bond donors (Lipinski definition) is 0. The van der Waals surface area contributed by atoms with Crippen molar-refractivity contribution in [2.45, 2.75) is 51.9 Å². The lowest BCUT2D eigenvalue weighted by molar-refractivity contribution is -0.160. The fourth-order valence-electron chi connectivity index (χ4n) is 3.41. The molecule has 2 aromatic rings. The summed E-state index contributed by atoms with van der Waals surface area (Å²) in [6, 6.07) is 17.6. The van der Waals surface area contributed by atoms with Gasteiger partial charge in [-0.1, -0.05) is 36.4 Å². The van der Waals surface area contributed by atoms with Crippen molar-refractivity contribution in [3.8, 4) is 11.5 Å². The molecule has 0 N–H and O–H groups in total. The second-order valence-corrected chi connectivity index (χ2v) is 8.33. The summed E-state index contributed by atoms with van der Waals surface area (Å²) < 4.78 is 17.3. The minimum atomic E-state index is -0.456. The van der Waals surface area contributed by atoms with Crippen molar-refractivity contribution < 1.29 is 19.0 Å². The number of carbonyl (C=O) groups is 1. The molecule has 2 aromatic carbocycles. The average Bonchev–Trinajstić information content (AvgIpc) is 3.15. The van der Waals surface area contributed by atoms with Crippen LogP contribution < -0.4 is 9.47 Å². The van der Waals surface area contributed by atoms with Crippen LogP contribution in [0.5, 0.6) is 11.5 Å². The third kappa shape index (κ3) is 6.79. The van der Waals surface area contributed by atoms with E-state index in [0.717, 1.165) is 36.4 Å². The zero-order valence-electron chi connectivity index (χ0n) is 17.6. The third-order valence-corrected chi connectivity index (χ3v) is 4.74. The summed E-state index contributed by atoms with van der Waals surface area (Å²) in [6.07, 6.45) is 1.85. The molecule has 0 unspecified atom stereocenters. The number of esters is 1. The van der Waals surface area contributed by atoms with E-state index in [1.54, 1.807) is 0 Å². The van der Waals surface area contributed by atoms with Gasteiger partial charge in [-0.15, -0.1) is 0 Å². The fraction of sp³-hybridized carbons (Fsp3) is 0.458. The molecule has 29 heavy (non-hydrogen) atoms. The Labute approximate surface area is 173 Å². The molecule has 0 bridgehead atoms. The predicted octanol–water partition coefficient (Wildman–Crippen LogP) is 4.45. The van der Waals surface area contributed by atoms with E-state index in [1.807, 2.05) is 75.4 Å². The highest BCUT2D eigenvalue weighted by atomic mass is 16.6. The van der Waals surface area contributed by atoms with Crippen LogP contribution in [0.2, 0.25) is 0 Å². The Morgan fingerprint density at radius 1 is 1.03 bits per heavy atom. The standard InChI is InChI=1S/C24H31NO4/c1-24(2,3)29-23(26)22-13-8-14-25(22)15-16-27-20-11-7-12-21(17-20)28-18-19-9-5-4-6-10-19/h4-7,9-12,17,22H,8,13-16,18H2,1-3H3/t22-/m0/s1. The SMILES string of the molecule is CC(C)(C)OC(=O)[C@@H]1CCCN1CCOc1cccc(OCc2ccccc2)c1. The average molecular weight is 398 g/mol. The molecule has 1 fully saturated rings. The minimum absolute atomic E-state index is 0.133. The summed E-state index contributed by atoms with van der Waals surface area (Å²) in [6.45, 7) is 8.34. The molecule has 5 heteroatoms. The smallest absolute Gasteiger partial charge is 0.323 e. The Kier molecular flexibility index (Phi) is 7.15. The number of nitrogens with zero attached hydrogens (tertiary/aromatic N) is 1. The lowest BCUT2D eigenvalue weighted by atomic mass is 10.1. The van der Waals surface area contributed by atoms with Crippen LogP contribution in [0.25, 0.3) is 0 Å². The molecule has 1 saturated heterocycles. The van der Waals surface area contributed by atoms with Crippen LogP contribution in [0.1, 0.15) is 39.2 Å². The zero-order chi connectivity index (χ0) is 20.7. The van der Waals surface area contributed by atoms with E-state index in [-0.39, 0.29) is 12.0 Å². The first-order valence-electron chi connectivity index (χ1n) is 10.3. The Morgan fingerprint density at radius 3 is 2.48 bits per heavy atom. The number of hydrogen-bond acceptors (Lipinski definition) is 5. The van der Waals surface area contributed by atoms with Crippen LogP contribution in [-0.4, -0.2) is 42.2 Å². The van der Waals surface area contributed by atoms with Crippen LogP contribution >= 0.6 is 0 Å². The van der Waals surface area contributed by atoms with Gasteiger partial charge in [0.15, 0.2) is 0 Å². The summed E-state index contributed by atoms with van der Waals surface area (Å²) in [5.41, 5.74) is 0.670. The van der Waals surface area contributed by atoms with E-state index in [4.69, 9.17) is 14.2 Å². The first kappa shape index (κ1) is 21.2. The van der Waals surface area contributed by atoms with E-state index in [2.05, 4.69) is 4.90 Å². The van der Waals surface area contributed by atoms with Gasteiger partial charge in [-0.05, 0) is 57.9 Å². The van der Waals surface area contributed by atoms with Crippen LogP contribution in [0.3, 0.4) is 0 Å². The fourth-order valence-corrected chi connectivity index (χ4v) is 3.41. The van der Waals surface area contributed by atoms with E-state index < -0.39 is 5.60 Å². The van der Waals surface area contributed by atoms with E-state index in [9.17, 15) is 4.79 Å². The maximum atomic E-state index is 12.4. The van der Waals surface area contributed by atoms with Crippen molar-refractivity contribution in [3.63, 3.8) is 0 Å². The summed E-state index contributed by atoms with van der Waals surface area (Å²) in [5, 5.41) is 0. The number of benzene rings is 2. The van der Waals surface area contributed by atoms with Crippen molar-refractivity contribution >= 4 is 5.97 Å². The first-order valence-corrected chi connectivity index (χ1v) is 10.3. The summed E-state index contributed by atoms with van der Waals surface area (Å²) in [4.78, 5) is 14.6. The molecule has 5 nitrogen and oxygen atoms in total. The van der Waals surface area contributed by atoms with Crippen molar-refractivity contribution in [1.29, 1.82) is 0 Å². The molecule has 0 aliphatic carbocycles. The van der Waals surface area contributed by atoms with Gasteiger partial charge in [-0.25, -0.2) is 0 Å². The third-order valence-electron chi connectivity index (χ3n) is 4.74. The summed E-state index contributed by atoms with van der Waals surface area (Å²) in [7, 11) is 0. The van der Waals surface area contributed by atoms with Crippen LogP contribution in [0.4, 0.5) is 0 Å². The monoisotopic (exact) mass is 397 g/mol. The van der Waals surface area contributed by atoms with Crippen molar-refractivity contribution in [1.82, 2.24) is 4.90 Å². The molecule has 0 spiro atoms. The van der Waals surface area contributed by atoms with Gasteiger partial charge in [0, 0.05) is 12.6 Å². The zero-order valence-corrected chi connectivity index (χ0v) is 17.6. The highest BCUT2D eigenvalue weighted by molar-refractivity contribution is 5.76. The maximum absolute atomic E-state index is 12.4. The normalized spacial score (nSPS) is 17.1. The van der Waals surface area contributed by atoms with Gasteiger partial charge in [-0.2, -0.15) is 0 Å². The Balaban J connectivity index is 1.47. The summed E-state index contributed by atoms with van der Waals surface area (Å²) in [5.74, 6) is 1.41. The molecule has 0 amide bonds. The van der Waals surface area contributed by atoms with E-state index in [0.29, 0.717) is 19.8 Å². The molecule has 1 atom stereocenters. The molecule has 0 aromatic heterocycles. The topological polar surface area (TPSA) is 48.0 Å². The lowest BCUT2D eigenvalue weighted by Gasteiger charge is -2.27. The molecule has 156 valence electrons. The summed E-state index contributed by atoms with van der Waals surface area (Å²) >= 11 is 0. The van der Waals surface area contributed by atoms with Crippen LogP contribution in [0.15, 0.2) is 54.6 Å². The highest BCUT2D eigenvalue weighted by Gasteiger charge is 2.33. The number of likely N-dealkylation sites (tertiary alicyclic amines) is 1. The van der Waals surface area contributed by atoms with Gasteiger partial charge >= 0.3 is 5.97 Å². The molecular formula is C24H31NO4. The van der Waals surface area contributed by atoms with Crippen molar-refractivity contribution in [2.24, 2.45) is 0 Å². The largest absolute Gasteiger partial charge is 0.492 e. The molecule has 0 radical (unpaired) electrons. The second-order valence-electron chi connectivity index (χ2n) is 8.33. The first-order chi connectivity index (χ1) is 13.9. The second kappa shape index (κ2) is 9.79. The Hall–Kier alpha value is -2.53. The van der Waals surface area contributed by atoms with Gasteiger partial charge in [0.25, 0.3) is 0 Å². The molecule has 1 heterocycles. The number of rotatable bonds is 8. The molecule has 1 aliphatic rings. The van der Waals surface area contributed by atoms with Crippen LogP contribution in [0, 0.1) is 0 Å². The van der Waals surface area contributed by atoms with Gasteiger partial charge < -0.3 is 14.2 Å². The highest BCUT2D eigenvalue weighted by Crippen LogP contribution is 2.23. The van der Waals surface area contributed by atoms with E-state index >= 15 is 0 Å². The number of carbonyl (C=O) groups excluding carboxylic acids is 1. The molecule has 3 rings (SSSR count). The van der Waals surface area contributed by atoms with Crippen LogP contribution in [-0.2, 0) is 16.1 Å². The Morgan fingerprint density at radius 2 is 1.76 bits per heavy atom. The quantitative estimate of drug-likeness (QED) is 0.616. The van der Waals surface area contributed by atoms with Gasteiger partial charge in [0.1, 0.15) is 36.4 Å². The molecule has 1 aliphatic heterocycles. The van der Waals surface area contributed by atoms with Crippen molar-refractivity contribution in [2.75, 3.05) is 19.7 Å². The minimum Gasteiger partial charge on any atom is -0.492 e. The molecular weight excluding hydrogens is 366 g/mol. The van der Waals surface area contributed by atoms with Gasteiger partial charge in [0.2, 0.25) is 0 Å². The Bertz CT molecular complexity index is 785. The lowest BCUT2D eigenvalue weighted by Crippen LogP contribution is -2.42.